The number of amides is 1. The van der Waals surface area contributed by atoms with Crippen molar-refractivity contribution in [2.45, 2.75) is 90.3 Å². The van der Waals surface area contributed by atoms with E-state index in [2.05, 4.69) is 22.9 Å². The normalized spacial score (nSPS) is 21.1. The largest absolute Gasteiger partial charge is 0.443 e. The van der Waals surface area contributed by atoms with E-state index in [1.165, 1.54) is 44.2 Å². The summed E-state index contributed by atoms with van der Waals surface area (Å²) in [5.41, 5.74) is 0.779. The number of piperidine rings is 1. The van der Waals surface area contributed by atoms with Crippen molar-refractivity contribution in [1.29, 1.82) is 0 Å². The average Bonchev–Trinajstić information content (AvgIpc) is 3.44. The predicted octanol–water partition coefficient (Wildman–Crippen LogP) is 5.31. The molecule has 1 aromatic heterocycles. The van der Waals surface area contributed by atoms with Crippen molar-refractivity contribution in [1.82, 2.24) is 9.88 Å². The summed E-state index contributed by atoms with van der Waals surface area (Å²) in [6.07, 6.45) is 9.98. The van der Waals surface area contributed by atoms with E-state index in [1.807, 2.05) is 33.0 Å². The Morgan fingerprint density at radius 1 is 1.26 bits per heavy atom. The molecule has 2 heterocycles. The number of aromatic nitrogens is 1. The van der Waals surface area contributed by atoms with E-state index in [9.17, 15) is 4.79 Å². The molecule has 1 aliphatic heterocycles. The molecular formula is C22H35N3O2. The predicted molar refractivity (Wildman–Crippen MR) is 109 cm³/mol. The van der Waals surface area contributed by atoms with E-state index < -0.39 is 5.60 Å². The van der Waals surface area contributed by atoms with Crippen molar-refractivity contribution in [2.24, 2.45) is 0 Å². The zero-order chi connectivity index (χ0) is 19.4. The Morgan fingerprint density at radius 3 is 2.63 bits per heavy atom. The molecule has 5 heteroatoms. The van der Waals surface area contributed by atoms with Gasteiger partial charge in [-0.15, -0.1) is 0 Å². The van der Waals surface area contributed by atoms with Gasteiger partial charge < -0.3 is 4.74 Å². The highest BCUT2D eigenvalue weighted by molar-refractivity contribution is 5.88. The summed E-state index contributed by atoms with van der Waals surface area (Å²) in [7, 11) is 0. The van der Waals surface area contributed by atoms with Gasteiger partial charge in [-0.1, -0.05) is 25.8 Å². The molecule has 1 aliphatic carbocycles. The number of anilines is 1. The monoisotopic (exact) mass is 373 g/mol. The maximum Gasteiger partial charge on any atom is 0.416 e. The molecule has 0 spiro atoms. The smallest absolute Gasteiger partial charge is 0.416 e. The minimum atomic E-state index is -0.494. The van der Waals surface area contributed by atoms with Crippen LogP contribution in [0.3, 0.4) is 0 Å². The van der Waals surface area contributed by atoms with Crippen molar-refractivity contribution >= 4 is 11.9 Å². The maximum absolute atomic E-state index is 12.7. The van der Waals surface area contributed by atoms with Gasteiger partial charge in [0.2, 0.25) is 0 Å². The molecule has 5 nitrogen and oxygen atoms in total. The molecule has 2 aliphatic rings. The molecule has 0 N–H and O–H groups in total. The first-order chi connectivity index (χ1) is 12.9. The second-order valence-electron chi connectivity index (χ2n) is 8.93. The van der Waals surface area contributed by atoms with Gasteiger partial charge >= 0.3 is 6.09 Å². The molecule has 3 rings (SSSR count). The summed E-state index contributed by atoms with van der Waals surface area (Å²) in [5.74, 6) is 0.714. The van der Waals surface area contributed by atoms with Gasteiger partial charge in [-0.05, 0) is 77.6 Å². The van der Waals surface area contributed by atoms with E-state index >= 15 is 0 Å². The molecule has 1 saturated heterocycles. The summed E-state index contributed by atoms with van der Waals surface area (Å²) >= 11 is 0. The number of carbonyl (C=O) groups is 1. The van der Waals surface area contributed by atoms with E-state index in [0.29, 0.717) is 11.9 Å². The summed E-state index contributed by atoms with van der Waals surface area (Å²) in [5, 5.41) is 0. The SMILES string of the molecule is CCCCN1CCCCC1c1ccc(N(C(=O)OC(C)(C)C)C2CC2)nc1. The third kappa shape index (κ3) is 5.44. The lowest BCUT2D eigenvalue weighted by Crippen LogP contribution is -2.39. The van der Waals surface area contributed by atoms with Crippen molar-refractivity contribution in [2.75, 3.05) is 18.0 Å². The van der Waals surface area contributed by atoms with Gasteiger partial charge in [-0.25, -0.2) is 9.78 Å². The fourth-order valence-corrected chi connectivity index (χ4v) is 3.81. The summed E-state index contributed by atoms with van der Waals surface area (Å²) in [6, 6.07) is 4.86. The van der Waals surface area contributed by atoms with E-state index in [1.54, 1.807) is 4.90 Å². The first-order valence-electron chi connectivity index (χ1n) is 10.6. The molecule has 2 fully saturated rings. The molecule has 1 unspecified atom stereocenters. The number of ether oxygens (including phenoxy) is 1. The van der Waals surface area contributed by atoms with Crippen LogP contribution in [0.4, 0.5) is 10.6 Å². The van der Waals surface area contributed by atoms with Gasteiger partial charge in [-0.2, -0.15) is 0 Å². The number of nitrogens with zero attached hydrogens (tertiary/aromatic N) is 3. The number of carbonyl (C=O) groups excluding carboxylic acids is 1. The minimum absolute atomic E-state index is 0.230. The van der Waals surface area contributed by atoms with Crippen LogP contribution in [0.5, 0.6) is 0 Å². The van der Waals surface area contributed by atoms with E-state index in [0.717, 1.165) is 19.4 Å². The quantitative estimate of drug-likeness (QED) is 0.678. The molecule has 27 heavy (non-hydrogen) atoms. The van der Waals surface area contributed by atoms with Crippen molar-refractivity contribution in [3.05, 3.63) is 23.9 Å². The number of pyridine rings is 1. The lowest BCUT2D eigenvalue weighted by Gasteiger charge is -2.36. The highest BCUT2D eigenvalue weighted by Gasteiger charge is 2.37. The molecule has 150 valence electrons. The van der Waals surface area contributed by atoms with Crippen molar-refractivity contribution in [3.63, 3.8) is 0 Å². The van der Waals surface area contributed by atoms with Crippen LogP contribution in [-0.4, -0.2) is 40.7 Å². The number of hydrogen-bond acceptors (Lipinski definition) is 4. The van der Waals surface area contributed by atoms with Crippen LogP contribution >= 0.6 is 0 Å². The van der Waals surface area contributed by atoms with E-state index in [-0.39, 0.29) is 12.1 Å². The highest BCUT2D eigenvalue weighted by atomic mass is 16.6. The van der Waals surface area contributed by atoms with Gasteiger partial charge in [0.15, 0.2) is 0 Å². The summed E-state index contributed by atoms with van der Waals surface area (Å²) in [6.45, 7) is 10.3. The lowest BCUT2D eigenvalue weighted by molar-refractivity contribution is 0.0576. The Labute approximate surface area is 164 Å². The topological polar surface area (TPSA) is 45.7 Å². The second-order valence-corrected chi connectivity index (χ2v) is 8.93. The average molecular weight is 374 g/mol. The second kappa shape index (κ2) is 8.59. The maximum atomic E-state index is 12.7. The van der Waals surface area contributed by atoms with Gasteiger partial charge in [0.1, 0.15) is 11.4 Å². The zero-order valence-electron chi connectivity index (χ0n) is 17.4. The highest BCUT2D eigenvalue weighted by Crippen LogP contribution is 2.34. The van der Waals surface area contributed by atoms with Crippen LogP contribution in [0.2, 0.25) is 0 Å². The number of rotatable bonds is 6. The molecule has 0 bridgehead atoms. The molecule has 0 radical (unpaired) electrons. The molecule has 1 atom stereocenters. The standard InChI is InChI=1S/C22H35N3O2/c1-5-6-14-24-15-8-7-9-19(24)17-10-13-20(23-16-17)25(18-11-12-18)21(26)27-22(2,3)4/h10,13,16,18-19H,5-9,11-12,14-15H2,1-4H3. The van der Waals surface area contributed by atoms with Gasteiger partial charge in [0.05, 0.1) is 0 Å². The van der Waals surface area contributed by atoms with Gasteiger partial charge in [-0.3, -0.25) is 9.80 Å². The number of likely N-dealkylation sites (tertiary alicyclic amines) is 1. The van der Waals surface area contributed by atoms with Crippen molar-refractivity contribution < 1.29 is 9.53 Å². The fourth-order valence-electron chi connectivity index (χ4n) is 3.81. The minimum Gasteiger partial charge on any atom is -0.443 e. The Kier molecular flexibility index (Phi) is 6.40. The van der Waals surface area contributed by atoms with Crippen LogP contribution in [0.15, 0.2) is 18.3 Å². The van der Waals surface area contributed by atoms with Gasteiger partial charge in [0.25, 0.3) is 0 Å². The van der Waals surface area contributed by atoms with Crippen LogP contribution in [-0.2, 0) is 4.74 Å². The van der Waals surface area contributed by atoms with Gasteiger partial charge in [0, 0.05) is 18.3 Å². The lowest BCUT2D eigenvalue weighted by atomic mass is 9.96. The summed E-state index contributed by atoms with van der Waals surface area (Å²) in [4.78, 5) is 21.7. The summed E-state index contributed by atoms with van der Waals surface area (Å²) < 4.78 is 5.60. The molecule has 1 saturated carbocycles. The Hall–Kier alpha value is -1.62. The first kappa shape index (κ1) is 20.1. The van der Waals surface area contributed by atoms with Crippen LogP contribution < -0.4 is 4.90 Å². The van der Waals surface area contributed by atoms with Crippen LogP contribution in [0, 0.1) is 0 Å². The fraction of sp³-hybridized carbons (Fsp3) is 0.727. The Bertz CT molecular complexity index is 619. The van der Waals surface area contributed by atoms with Crippen LogP contribution in [0.1, 0.15) is 84.2 Å². The Balaban J connectivity index is 1.73. The number of unbranched alkanes of at least 4 members (excludes halogenated alkanes) is 1. The van der Waals surface area contributed by atoms with Crippen LogP contribution in [0.25, 0.3) is 0 Å². The first-order valence-corrected chi connectivity index (χ1v) is 10.6. The zero-order valence-corrected chi connectivity index (χ0v) is 17.4. The molecule has 1 aromatic rings. The third-order valence-corrected chi connectivity index (χ3v) is 5.32. The molecular weight excluding hydrogens is 338 g/mol. The molecule has 1 amide bonds. The van der Waals surface area contributed by atoms with Crippen molar-refractivity contribution in [3.8, 4) is 0 Å². The number of hydrogen-bond donors (Lipinski definition) is 0. The molecule has 0 aromatic carbocycles. The third-order valence-electron chi connectivity index (χ3n) is 5.32. The van der Waals surface area contributed by atoms with E-state index in [4.69, 9.17) is 4.74 Å². The Morgan fingerprint density at radius 2 is 2.04 bits per heavy atom.